The van der Waals surface area contributed by atoms with Crippen molar-refractivity contribution in [2.75, 3.05) is 12.3 Å². The molecule has 2 aromatic rings. The van der Waals surface area contributed by atoms with Crippen molar-refractivity contribution in [2.24, 2.45) is 5.73 Å². The number of H-pyrrole nitrogens is 1. The minimum Gasteiger partial charge on any atom is -0.383 e. The van der Waals surface area contributed by atoms with Gasteiger partial charge in [0, 0.05) is 17.9 Å². The minimum absolute atomic E-state index is 0.0323. The first-order valence-corrected chi connectivity index (χ1v) is 6.76. The van der Waals surface area contributed by atoms with E-state index in [1.807, 2.05) is 25.1 Å². The van der Waals surface area contributed by atoms with Gasteiger partial charge in [0.2, 0.25) is 0 Å². The van der Waals surface area contributed by atoms with Crippen LogP contribution in [0.4, 0.5) is 5.82 Å². The monoisotopic (exact) mass is 276 g/mol. The number of thioether (sulfide) groups is 1. The highest BCUT2D eigenvalue weighted by Gasteiger charge is 2.13. The average Bonchev–Trinajstić information content (AvgIpc) is 2.34. The number of nitrogen functional groups attached to an aromatic ring is 1. The fraction of sp³-hybridized carbons (Fsp3) is 0.231. The molecule has 0 amide bonds. The molecule has 1 aromatic carbocycles. The Labute approximate surface area is 115 Å². The summed E-state index contributed by atoms with van der Waals surface area (Å²) in [5.41, 5.74) is 13.4. The van der Waals surface area contributed by atoms with E-state index in [1.54, 1.807) is 0 Å². The van der Waals surface area contributed by atoms with Gasteiger partial charge in [0.25, 0.3) is 5.56 Å². The van der Waals surface area contributed by atoms with Gasteiger partial charge in [-0.1, -0.05) is 41.6 Å². The maximum Gasteiger partial charge on any atom is 0.253 e. The molecule has 0 saturated heterocycles. The highest BCUT2D eigenvalue weighted by molar-refractivity contribution is 7.99. The highest BCUT2D eigenvalue weighted by Crippen LogP contribution is 2.32. The van der Waals surface area contributed by atoms with Crippen LogP contribution in [0, 0.1) is 6.92 Å². The van der Waals surface area contributed by atoms with Gasteiger partial charge in [0.1, 0.15) is 5.82 Å². The summed E-state index contributed by atoms with van der Waals surface area (Å²) in [5.74, 6) is 0.214. The van der Waals surface area contributed by atoms with Gasteiger partial charge in [-0.05, 0) is 12.5 Å². The lowest BCUT2D eigenvalue weighted by molar-refractivity contribution is 0.900. The number of aryl methyl sites for hydroxylation is 1. The topological polar surface area (TPSA) is 97.8 Å². The van der Waals surface area contributed by atoms with E-state index in [2.05, 4.69) is 16.0 Å². The third-order valence-corrected chi connectivity index (χ3v) is 3.79. The molecule has 0 fully saturated rings. The predicted molar refractivity (Wildman–Crippen MR) is 78.1 cm³/mol. The van der Waals surface area contributed by atoms with Crippen molar-refractivity contribution >= 4 is 17.6 Å². The largest absolute Gasteiger partial charge is 0.383 e. The molecule has 0 spiro atoms. The van der Waals surface area contributed by atoms with Crippen LogP contribution in [0.5, 0.6) is 0 Å². The third kappa shape index (κ3) is 3.59. The Kier molecular flexibility index (Phi) is 4.24. The first-order valence-electron chi connectivity index (χ1n) is 5.88. The molecule has 0 aliphatic rings. The zero-order valence-electron chi connectivity index (χ0n) is 10.6. The fourth-order valence-corrected chi connectivity index (χ4v) is 2.73. The van der Waals surface area contributed by atoms with Crippen LogP contribution in [0.2, 0.25) is 0 Å². The van der Waals surface area contributed by atoms with Crippen LogP contribution in [-0.4, -0.2) is 16.5 Å². The van der Waals surface area contributed by atoms with E-state index in [1.165, 1.54) is 23.4 Å². The summed E-state index contributed by atoms with van der Waals surface area (Å²) in [6.07, 6.45) is 0. The van der Waals surface area contributed by atoms with E-state index in [9.17, 15) is 4.79 Å². The number of nitrogens with zero attached hydrogens (tertiary/aromatic N) is 1. The van der Waals surface area contributed by atoms with E-state index < -0.39 is 0 Å². The molecule has 2 rings (SSSR count). The van der Waals surface area contributed by atoms with Gasteiger partial charge >= 0.3 is 0 Å². The van der Waals surface area contributed by atoms with E-state index in [-0.39, 0.29) is 16.6 Å². The molecule has 6 heteroatoms. The second-order valence-corrected chi connectivity index (χ2v) is 5.42. The molecular weight excluding hydrogens is 260 g/mol. The summed E-state index contributed by atoms with van der Waals surface area (Å²) in [6.45, 7) is 2.48. The molecule has 1 atom stereocenters. The number of nitrogens with two attached hydrogens (primary N) is 2. The lowest BCUT2D eigenvalue weighted by Gasteiger charge is -2.14. The van der Waals surface area contributed by atoms with Gasteiger partial charge in [0.05, 0.1) is 0 Å². The van der Waals surface area contributed by atoms with E-state index in [0.717, 1.165) is 5.56 Å². The minimum atomic E-state index is -0.255. The maximum atomic E-state index is 11.4. The van der Waals surface area contributed by atoms with E-state index >= 15 is 0 Å². The SMILES string of the molecule is Cc1cccc(C(CN)Sc2nc(N)cc(=O)[nH]2)c1. The van der Waals surface area contributed by atoms with Crippen molar-refractivity contribution in [1.82, 2.24) is 9.97 Å². The van der Waals surface area contributed by atoms with Crippen molar-refractivity contribution < 1.29 is 0 Å². The Hall–Kier alpha value is -1.79. The van der Waals surface area contributed by atoms with Crippen LogP contribution in [-0.2, 0) is 0 Å². The number of hydrogen-bond donors (Lipinski definition) is 3. The smallest absolute Gasteiger partial charge is 0.253 e. The van der Waals surface area contributed by atoms with Gasteiger partial charge in [-0.25, -0.2) is 4.98 Å². The second-order valence-electron chi connectivity index (χ2n) is 4.23. The van der Waals surface area contributed by atoms with Gasteiger partial charge in [-0.15, -0.1) is 0 Å². The van der Waals surface area contributed by atoms with Crippen LogP contribution in [0.3, 0.4) is 0 Å². The molecule has 0 aliphatic carbocycles. The first kappa shape index (κ1) is 13.6. The van der Waals surface area contributed by atoms with Gasteiger partial charge in [-0.2, -0.15) is 0 Å². The summed E-state index contributed by atoms with van der Waals surface area (Å²) in [6, 6.07) is 9.37. The van der Waals surface area contributed by atoms with Crippen LogP contribution < -0.4 is 17.0 Å². The number of rotatable bonds is 4. The van der Waals surface area contributed by atoms with Crippen LogP contribution >= 0.6 is 11.8 Å². The third-order valence-electron chi connectivity index (χ3n) is 2.62. The molecule has 0 radical (unpaired) electrons. The van der Waals surface area contributed by atoms with E-state index in [0.29, 0.717) is 11.7 Å². The fourth-order valence-electron chi connectivity index (χ4n) is 1.77. The quantitative estimate of drug-likeness (QED) is 0.580. The lowest BCUT2D eigenvalue weighted by Crippen LogP contribution is -2.13. The Morgan fingerprint density at radius 1 is 1.42 bits per heavy atom. The summed E-state index contributed by atoms with van der Waals surface area (Å²) in [5, 5.41) is 0.520. The Bertz CT molecular complexity index is 626. The van der Waals surface area contributed by atoms with Gasteiger partial charge < -0.3 is 16.5 Å². The predicted octanol–water partition coefficient (Wildman–Crippen LogP) is 1.45. The zero-order chi connectivity index (χ0) is 13.8. The second kappa shape index (κ2) is 5.90. The molecule has 0 saturated carbocycles. The number of benzene rings is 1. The summed E-state index contributed by atoms with van der Waals surface area (Å²) >= 11 is 1.41. The molecule has 5 N–H and O–H groups in total. The van der Waals surface area contributed by atoms with Crippen molar-refractivity contribution in [3.05, 3.63) is 51.8 Å². The zero-order valence-corrected chi connectivity index (χ0v) is 11.4. The van der Waals surface area contributed by atoms with Gasteiger partial charge in [0.15, 0.2) is 5.16 Å². The molecule has 0 bridgehead atoms. The summed E-state index contributed by atoms with van der Waals surface area (Å²) < 4.78 is 0. The highest BCUT2D eigenvalue weighted by atomic mass is 32.2. The molecule has 1 unspecified atom stereocenters. The van der Waals surface area contributed by atoms with Crippen LogP contribution in [0.15, 0.2) is 40.3 Å². The van der Waals surface area contributed by atoms with E-state index in [4.69, 9.17) is 11.5 Å². The number of anilines is 1. The Morgan fingerprint density at radius 3 is 2.84 bits per heavy atom. The van der Waals surface area contributed by atoms with Crippen molar-refractivity contribution in [2.45, 2.75) is 17.3 Å². The average molecular weight is 276 g/mol. The molecule has 1 heterocycles. The summed E-state index contributed by atoms with van der Waals surface area (Å²) in [7, 11) is 0. The van der Waals surface area contributed by atoms with Crippen molar-refractivity contribution in [1.29, 1.82) is 0 Å². The molecule has 0 aliphatic heterocycles. The van der Waals surface area contributed by atoms with Crippen LogP contribution in [0.25, 0.3) is 0 Å². The Balaban J connectivity index is 2.26. The standard InChI is InChI=1S/C13H16N4OS/c1-8-3-2-4-9(5-8)10(7-14)19-13-16-11(15)6-12(18)17-13/h2-6,10H,7,14H2,1H3,(H3,15,16,17,18). The molecule has 1 aromatic heterocycles. The molecule has 5 nitrogen and oxygen atoms in total. The number of hydrogen-bond acceptors (Lipinski definition) is 5. The summed E-state index contributed by atoms with van der Waals surface area (Å²) in [4.78, 5) is 18.1. The van der Waals surface area contributed by atoms with Crippen molar-refractivity contribution in [3.8, 4) is 0 Å². The number of nitrogens with one attached hydrogen (secondary N) is 1. The van der Waals surface area contributed by atoms with Crippen molar-refractivity contribution in [3.63, 3.8) is 0 Å². The molecule has 100 valence electrons. The molecule has 19 heavy (non-hydrogen) atoms. The maximum absolute atomic E-state index is 11.4. The van der Waals surface area contributed by atoms with Gasteiger partial charge in [-0.3, -0.25) is 4.79 Å². The Morgan fingerprint density at radius 2 is 2.21 bits per heavy atom. The number of aromatic nitrogens is 2. The van der Waals surface area contributed by atoms with Crippen LogP contribution in [0.1, 0.15) is 16.4 Å². The lowest BCUT2D eigenvalue weighted by atomic mass is 10.1. The molecular formula is C13H16N4OS. The number of aromatic amines is 1. The first-order chi connectivity index (χ1) is 9.08. The normalized spacial score (nSPS) is 12.3.